The van der Waals surface area contributed by atoms with Crippen molar-refractivity contribution in [1.82, 2.24) is 0 Å². The van der Waals surface area contributed by atoms with Crippen molar-refractivity contribution in [3.05, 3.63) is 95.1 Å². The molecule has 0 spiro atoms. The second-order valence-corrected chi connectivity index (χ2v) is 5.78. The van der Waals surface area contributed by atoms with Gasteiger partial charge in [0.1, 0.15) is 0 Å². The number of halogens is 2. The van der Waals surface area contributed by atoms with E-state index in [1.807, 2.05) is 24.3 Å². The van der Waals surface area contributed by atoms with Gasteiger partial charge in [0.2, 0.25) is 0 Å². The summed E-state index contributed by atoms with van der Waals surface area (Å²) >= 11 is 0. The van der Waals surface area contributed by atoms with Crippen LogP contribution < -0.4 is 0 Å². The number of rotatable bonds is 4. The molecule has 0 aliphatic rings. The van der Waals surface area contributed by atoms with Crippen LogP contribution in [0.25, 0.3) is 11.1 Å². The Balaban J connectivity index is 1.72. The molecular weight excluding hydrogens is 290 g/mol. The fourth-order valence-corrected chi connectivity index (χ4v) is 2.62. The van der Waals surface area contributed by atoms with Crippen LogP contribution in [0.5, 0.6) is 0 Å². The average molecular weight is 308 g/mol. The summed E-state index contributed by atoms with van der Waals surface area (Å²) in [4.78, 5) is 0. The van der Waals surface area contributed by atoms with E-state index in [2.05, 4.69) is 31.2 Å². The first-order valence-electron chi connectivity index (χ1n) is 7.72. The summed E-state index contributed by atoms with van der Waals surface area (Å²) in [7, 11) is 0. The van der Waals surface area contributed by atoms with Crippen LogP contribution in [0.3, 0.4) is 0 Å². The van der Waals surface area contributed by atoms with Gasteiger partial charge in [-0.3, -0.25) is 0 Å². The van der Waals surface area contributed by atoms with Gasteiger partial charge in [-0.15, -0.1) is 0 Å². The molecule has 2 heteroatoms. The highest BCUT2D eigenvalue weighted by Gasteiger charge is 2.09. The standard InChI is InChI=1S/C21H18F2/c1-15-5-7-16(8-6-15)9-10-17-11-13-18(14-12-17)19-3-2-4-20(22)21(19)23/h2-8,11-14H,9-10H2,1H3. The van der Waals surface area contributed by atoms with Gasteiger partial charge in [0.15, 0.2) is 11.6 Å². The van der Waals surface area contributed by atoms with Crippen molar-refractivity contribution >= 4 is 0 Å². The van der Waals surface area contributed by atoms with Gasteiger partial charge < -0.3 is 0 Å². The maximum Gasteiger partial charge on any atom is 0.166 e. The third-order valence-corrected chi connectivity index (χ3v) is 4.04. The van der Waals surface area contributed by atoms with Gasteiger partial charge in [0.05, 0.1) is 0 Å². The fourth-order valence-electron chi connectivity index (χ4n) is 2.62. The van der Waals surface area contributed by atoms with E-state index in [0.29, 0.717) is 11.1 Å². The number of benzene rings is 3. The molecule has 0 saturated carbocycles. The molecule has 0 bridgehead atoms. The normalized spacial score (nSPS) is 10.7. The summed E-state index contributed by atoms with van der Waals surface area (Å²) < 4.78 is 27.1. The Bertz CT molecular complexity index is 787. The Labute approximate surface area is 135 Å². The minimum atomic E-state index is -0.814. The van der Waals surface area contributed by atoms with Crippen LogP contribution in [0.1, 0.15) is 16.7 Å². The molecule has 3 aromatic rings. The van der Waals surface area contributed by atoms with Crippen molar-refractivity contribution in [2.45, 2.75) is 19.8 Å². The first-order chi connectivity index (χ1) is 11.1. The zero-order valence-corrected chi connectivity index (χ0v) is 13.0. The van der Waals surface area contributed by atoms with Gasteiger partial charge in [-0.25, -0.2) is 8.78 Å². The molecule has 116 valence electrons. The Hall–Kier alpha value is -2.48. The highest BCUT2D eigenvalue weighted by Crippen LogP contribution is 2.25. The largest absolute Gasteiger partial charge is 0.204 e. The summed E-state index contributed by atoms with van der Waals surface area (Å²) in [5.74, 6) is -1.61. The molecule has 0 aromatic heterocycles. The molecule has 0 radical (unpaired) electrons. The number of hydrogen-bond donors (Lipinski definition) is 0. The van der Waals surface area contributed by atoms with Crippen LogP contribution in [0.15, 0.2) is 66.7 Å². The van der Waals surface area contributed by atoms with Gasteiger partial charge in [-0.1, -0.05) is 66.2 Å². The zero-order chi connectivity index (χ0) is 16.2. The van der Waals surface area contributed by atoms with Crippen LogP contribution >= 0.6 is 0 Å². The van der Waals surface area contributed by atoms with E-state index in [-0.39, 0.29) is 0 Å². The van der Waals surface area contributed by atoms with Gasteiger partial charge in [-0.05, 0) is 42.5 Å². The van der Waals surface area contributed by atoms with Gasteiger partial charge in [-0.2, -0.15) is 0 Å². The molecule has 0 amide bonds. The Kier molecular flexibility index (Phi) is 4.52. The van der Waals surface area contributed by atoms with E-state index < -0.39 is 11.6 Å². The minimum Gasteiger partial charge on any atom is -0.204 e. The average Bonchev–Trinajstić information content (AvgIpc) is 2.57. The summed E-state index contributed by atoms with van der Waals surface area (Å²) in [6.07, 6.45) is 1.89. The summed E-state index contributed by atoms with van der Waals surface area (Å²) in [5, 5.41) is 0. The number of aryl methyl sites for hydroxylation is 3. The molecule has 0 N–H and O–H groups in total. The monoisotopic (exact) mass is 308 g/mol. The van der Waals surface area contributed by atoms with Crippen molar-refractivity contribution in [2.24, 2.45) is 0 Å². The van der Waals surface area contributed by atoms with Crippen molar-refractivity contribution in [1.29, 1.82) is 0 Å². The van der Waals surface area contributed by atoms with Crippen molar-refractivity contribution in [3.63, 3.8) is 0 Å². The lowest BCUT2D eigenvalue weighted by Crippen LogP contribution is -1.93. The van der Waals surface area contributed by atoms with Crippen LogP contribution in [0.2, 0.25) is 0 Å². The molecular formula is C21H18F2. The first-order valence-corrected chi connectivity index (χ1v) is 7.72. The van der Waals surface area contributed by atoms with E-state index in [0.717, 1.165) is 18.9 Å². The van der Waals surface area contributed by atoms with Crippen molar-refractivity contribution in [3.8, 4) is 11.1 Å². The summed E-state index contributed by atoms with van der Waals surface area (Å²) in [6, 6.07) is 20.4. The lowest BCUT2D eigenvalue weighted by atomic mass is 9.99. The predicted molar refractivity (Wildman–Crippen MR) is 90.4 cm³/mol. The molecule has 0 nitrogen and oxygen atoms in total. The third kappa shape index (κ3) is 3.65. The maximum absolute atomic E-state index is 13.8. The fraction of sp³-hybridized carbons (Fsp3) is 0.143. The first kappa shape index (κ1) is 15.4. The van der Waals surface area contributed by atoms with Crippen LogP contribution in [-0.2, 0) is 12.8 Å². The van der Waals surface area contributed by atoms with Crippen LogP contribution in [0, 0.1) is 18.6 Å². The summed E-state index contributed by atoms with van der Waals surface area (Å²) in [5.41, 5.74) is 4.74. The van der Waals surface area contributed by atoms with E-state index in [4.69, 9.17) is 0 Å². The molecule has 23 heavy (non-hydrogen) atoms. The van der Waals surface area contributed by atoms with E-state index in [9.17, 15) is 8.78 Å². The van der Waals surface area contributed by atoms with E-state index >= 15 is 0 Å². The highest BCUT2D eigenvalue weighted by atomic mass is 19.2. The quantitative estimate of drug-likeness (QED) is 0.578. The topological polar surface area (TPSA) is 0 Å². The van der Waals surface area contributed by atoms with Crippen LogP contribution in [-0.4, -0.2) is 0 Å². The summed E-state index contributed by atoms with van der Waals surface area (Å²) in [6.45, 7) is 2.08. The SMILES string of the molecule is Cc1ccc(CCc2ccc(-c3cccc(F)c3F)cc2)cc1. The van der Waals surface area contributed by atoms with Gasteiger partial charge >= 0.3 is 0 Å². The molecule has 0 heterocycles. The molecule has 0 atom stereocenters. The maximum atomic E-state index is 13.8. The lowest BCUT2D eigenvalue weighted by Gasteiger charge is -2.07. The third-order valence-electron chi connectivity index (χ3n) is 4.04. The predicted octanol–water partition coefficient (Wildman–Crippen LogP) is 5.73. The second-order valence-electron chi connectivity index (χ2n) is 5.78. The molecule has 0 aliphatic heterocycles. The van der Waals surface area contributed by atoms with E-state index in [1.165, 1.54) is 22.8 Å². The van der Waals surface area contributed by atoms with Crippen molar-refractivity contribution in [2.75, 3.05) is 0 Å². The van der Waals surface area contributed by atoms with E-state index in [1.54, 1.807) is 6.07 Å². The molecule has 0 saturated heterocycles. The second kappa shape index (κ2) is 6.74. The Morgan fingerprint density at radius 2 is 1.26 bits per heavy atom. The minimum absolute atomic E-state index is 0.301. The highest BCUT2D eigenvalue weighted by molar-refractivity contribution is 5.64. The van der Waals surface area contributed by atoms with Crippen molar-refractivity contribution < 1.29 is 8.78 Å². The molecule has 3 rings (SSSR count). The smallest absolute Gasteiger partial charge is 0.166 e. The van der Waals surface area contributed by atoms with Crippen LogP contribution in [0.4, 0.5) is 8.78 Å². The zero-order valence-electron chi connectivity index (χ0n) is 13.0. The molecule has 3 aromatic carbocycles. The number of hydrogen-bond acceptors (Lipinski definition) is 0. The molecule has 0 fully saturated rings. The lowest BCUT2D eigenvalue weighted by molar-refractivity contribution is 0.511. The Morgan fingerprint density at radius 1 is 0.696 bits per heavy atom. The molecule has 0 unspecified atom stereocenters. The molecule has 0 aliphatic carbocycles. The van der Waals surface area contributed by atoms with Gasteiger partial charge in [0, 0.05) is 5.56 Å². The Morgan fingerprint density at radius 3 is 1.87 bits per heavy atom. The van der Waals surface area contributed by atoms with Gasteiger partial charge in [0.25, 0.3) is 0 Å².